The summed E-state index contributed by atoms with van der Waals surface area (Å²) in [6.45, 7) is -0.491. The average molecular weight is 327 g/mol. The molecule has 0 saturated carbocycles. The summed E-state index contributed by atoms with van der Waals surface area (Å²) in [5, 5.41) is 20.1. The third-order valence-corrected chi connectivity index (χ3v) is 3.85. The van der Waals surface area contributed by atoms with Gasteiger partial charge in [-0.05, 0) is 12.1 Å². The van der Waals surface area contributed by atoms with Crippen molar-refractivity contribution >= 4 is 23.2 Å². The minimum absolute atomic E-state index is 0.245. The van der Waals surface area contributed by atoms with E-state index in [1.54, 1.807) is 36.4 Å². The number of aliphatic hydroxyl groups is 2. The maximum Gasteiger partial charge on any atom is 0.108 e. The summed E-state index contributed by atoms with van der Waals surface area (Å²) >= 11 is 12.2. The molecule has 5 heteroatoms. The van der Waals surface area contributed by atoms with Crippen LogP contribution in [0.15, 0.2) is 48.5 Å². The van der Waals surface area contributed by atoms with Gasteiger partial charge in [-0.1, -0.05) is 59.6 Å². The highest BCUT2D eigenvalue weighted by Gasteiger charge is 2.22. The molecule has 21 heavy (non-hydrogen) atoms. The van der Waals surface area contributed by atoms with Crippen LogP contribution in [0.5, 0.6) is 0 Å². The van der Waals surface area contributed by atoms with Crippen molar-refractivity contribution in [3.8, 4) is 0 Å². The lowest BCUT2D eigenvalue weighted by atomic mass is 10.1. The van der Waals surface area contributed by atoms with Crippen LogP contribution in [0, 0.1) is 0 Å². The fourth-order valence-electron chi connectivity index (χ4n) is 2.10. The minimum Gasteiger partial charge on any atom is -0.393 e. The third kappa shape index (κ3) is 3.96. The molecule has 2 atom stereocenters. The third-order valence-electron chi connectivity index (χ3n) is 3.16. The summed E-state index contributed by atoms with van der Waals surface area (Å²) < 4.78 is 5.81. The van der Waals surface area contributed by atoms with Crippen molar-refractivity contribution in [2.75, 3.05) is 13.2 Å². The molecule has 0 fully saturated rings. The first-order chi connectivity index (χ1) is 10.2. The predicted octanol–water partition coefficient (Wildman–Crippen LogP) is 3.78. The molecule has 0 aliphatic heterocycles. The van der Waals surface area contributed by atoms with E-state index in [9.17, 15) is 10.2 Å². The molecule has 112 valence electrons. The van der Waals surface area contributed by atoms with E-state index >= 15 is 0 Å². The molecule has 0 aromatic heterocycles. The molecule has 0 aliphatic rings. The lowest BCUT2D eigenvalue weighted by Crippen LogP contribution is -2.17. The summed E-state index contributed by atoms with van der Waals surface area (Å²) in [5.74, 6) is 0. The molecule has 0 heterocycles. The van der Waals surface area contributed by atoms with Crippen molar-refractivity contribution in [2.24, 2.45) is 0 Å². The topological polar surface area (TPSA) is 49.7 Å². The van der Waals surface area contributed by atoms with Crippen molar-refractivity contribution in [3.05, 3.63) is 69.7 Å². The van der Waals surface area contributed by atoms with Crippen LogP contribution in [0.2, 0.25) is 10.0 Å². The van der Waals surface area contributed by atoms with Crippen LogP contribution < -0.4 is 0 Å². The van der Waals surface area contributed by atoms with E-state index in [0.717, 1.165) is 0 Å². The van der Waals surface area contributed by atoms with E-state index in [-0.39, 0.29) is 13.2 Å². The van der Waals surface area contributed by atoms with Crippen LogP contribution in [0.3, 0.4) is 0 Å². The molecule has 3 nitrogen and oxygen atoms in total. The quantitative estimate of drug-likeness (QED) is 0.849. The lowest BCUT2D eigenvalue weighted by Gasteiger charge is -2.24. The number of halogens is 2. The molecule has 2 unspecified atom stereocenters. The van der Waals surface area contributed by atoms with Crippen molar-refractivity contribution in [1.82, 2.24) is 0 Å². The Labute approximate surface area is 133 Å². The first kappa shape index (κ1) is 16.3. The molecule has 2 aromatic carbocycles. The Morgan fingerprint density at radius 3 is 1.48 bits per heavy atom. The maximum absolute atomic E-state index is 9.57. The standard InChI is InChI=1S/C16H16Cl2O3/c17-13-7-3-1-5-11(13)15(9-19)21-16(10-20)12-6-2-4-8-14(12)18/h1-8,15-16,19-20H,9-10H2. The zero-order valence-electron chi connectivity index (χ0n) is 11.2. The second-order valence-electron chi connectivity index (χ2n) is 4.52. The van der Waals surface area contributed by atoms with Crippen LogP contribution in [0.4, 0.5) is 0 Å². The molecule has 0 bridgehead atoms. The van der Waals surface area contributed by atoms with Crippen molar-refractivity contribution in [3.63, 3.8) is 0 Å². The highest BCUT2D eigenvalue weighted by atomic mass is 35.5. The van der Waals surface area contributed by atoms with Gasteiger partial charge in [0.15, 0.2) is 0 Å². The van der Waals surface area contributed by atoms with Gasteiger partial charge in [-0.2, -0.15) is 0 Å². The molecule has 0 radical (unpaired) electrons. The lowest BCUT2D eigenvalue weighted by molar-refractivity contribution is -0.0640. The normalized spacial score (nSPS) is 13.9. The highest BCUT2D eigenvalue weighted by Crippen LogP contribution is 2.32. The van der Waals surface area contributed by atoms with Gasteiger partial charge in [0, 0.05) is 21.2 Å². The van der Waals surface area contributed by atoms with E-state index in [1.165, 1.54) is 0 Å². The van der Waals surface area contributed by atoms with Crippen molar-refractivity contribution in [2.45, 2.75) is 12.2 Å². The Hall–Kier alpha value is -1.10. The number of ether oxygens (including phenoxy) is 1. The number of rotatable bonds is 6. The van der Waals surface area contributed by atoms with Gasteiger partial charge >= 0.3 is 0 Å². The first-order valence-electron chi connectivity index (χ1n) is 6.53. The molecule has 2 N–H and O–H groups in total. The Morgan fingerprint density at radius 2 is 1.14 bits per heavy atom. The molecular formula is C16H16Cl2O3. The van der Waals surface area contributed by atoms with E-state index in [2.05, 4.69) is 0 Å². The van der Waals surface area contributed by atoms with Crippen molar-refractivity contribution in [1.29, 1.82) is 0 Å². The Balaban J connectivity index is 2.24. The zero-order valence-corrected chi connectivity index (χ0v) is 12.8. The number of hydrogen-bond donors (Lipinski definition) is 2. The predicted molar refractivity (Wildman–Crippen MR) is 83.6 cm³/mol. The van der Waals surface area contributed by atoms with Crippen molar-refractivity contribution < 1.29 is 14.9 Å². The minimum atomic E-state index is -0.632. The summed E-state index contributed by atoms with van der Waals surface area (Å²) in [5.41, 5.74) is 1.35. The molecule has 0 aliphatic carbocycles. The summed E-state index contributed by atoms with van der Waals surface area (Å²) in [4.78, 5) is 0. The van der Waals surface area contributed by atoms with E-state index in [0.29, 0.717) is 21.2 Å². The smallest absolute Gasteiger partial charge is 0.108 e. The van der Waals surface area contributed by atoms with Gasteiger partial charge in [0.1, 0.15) is 12.2 Å². The Bertz CT molecular complexity index is 538. The fourth-order valence-corrected chi connectivity index (χ4v) is 2.61. The number of benzene rings is 2. The second kappa shape index (κ2) is 7.78. The van der Waals surface area contributed by atoms with Crippen LogP contribution in [-0.2, 0) is 4.74 Å². The van der Waals surface area contributed by atoms with Gasteiger partial charge in [-0.15, -0.1) is 0 Å². The Kier molecular flexibility index (Phi) is 6.03. The van der Waals surface area contributed by atoms with Gasteiger partial charge in [0.2, 0.25) is 0 Å². The van der Waals surface area contributed by atoms with Crippen LogP contribution in [0.1, 0.15) is 23.3 Å². The monoisotopic (exact) mass is 326 g/mol. The zero-order chi connectivity index (χ0) is 15.2. The average Bonchev–Trinajstić information content (AvgIpc) is 2.51. The summed E-state index contributed by atoms with van der Waals surface area (Å²) in [6.07, 6.45) is -1.26. The molecule has 2 rings (SSSR count). The van der Waals surface area contributed by atoms with E-state index in [4.69, 9.17) is 27.9 Å². The molecule has 0 saturated heterocycles. The van der Waals surface area contributed by atoms with Gasteiger partial charge in [-0.3, -0.25) is 0 Å². The van der Waals surface area contributed by atoms with Crippen LogP contribution in [0.25, 0.3) is 0 Å². The van der Waals surface area contributed by atoms with Gasteiger partial charge < -0.3 is 14.9 Å². The van der Waals surface area contributed by atoms with Gasteiger partial charge in [0.05, 0.1) is 13.2 Å². The summed E-state index contributed by atoms with van der Waals surface area (Å²) in [7, 11) is 0. The SMILES string of the molecule is OCC(OC(CO)c1ccccc1Cl)c1ccccc1Cl. The molecular weight excluding hydrogens is 311 g/mol. The van der Waals surface area contributed by atoms with Crippen LogP contribution in [-0.4, -0.2) is 23.4 Å². The van der Waals surface area contributed by atoms with Crippen LogP contribution >= 0.6 is 23.2 Å². The first-order valence-corrected chi connectivity index (χ1v) is 7.29. The fraction of sp³-hybridized carbons (Fsp3) is 0.250. The molecule has 0 amide bonds. The maximum atomic E-state index is 9.57. The Morgan fingerprint density at radius 1 is 0.762 bits per heavy atom. The number of aliphatic hydroxyl groups excluding tert-OH is 2. The van der Waals surface area contributed by atoms with E-state index in [1.807, 2.05) is 12.1 Å². The second-order valence-corrected chi connectivity index (χ2v) is 5.34. The van der Waals surface area contributed by atoms with Gasteiger partial charge in [-0.25, -0.2) is 0 Å². The highest BCUT2D eigenvalue weighted by molar-refractivity contribution is 6.31. The molecule has 2 aromatic rings. The largest absolute Gasteiger partial charge is 0.393 e. The molecule has 0 spiro atoms. The number of hydrogen-bond acceptors (Lipinski definition) is 3. The van der Waals surface area contributed by atoms with E-state index < -0.39 is 12.2 Å². The summed E-state index contributed by atoms with van der Waals surface area (Å²) in [6, 6.07) is 14.3. The van der Waals surface area contributed by atoms with Gasteiger partial charge in [0.25, 0.3) is 0 Å².